The molecule has 18 heavy (non-hydrogen) atoms. The fourth-order valence-corrected chi connectivity index (χ4v) is 1.93. The summed E-state index contributed by atoms with van der Waals surface area (Å²) < 4.78 is 0. The Labute approximate surface area is 106 Å². The lowest BCUT2D eigenvalue weighted by Gasteiger charge is -2.05. The van der Waals surface area contributed by atoms with Gasteiger partial charge in [0.15, 0.2) is 0 Å². The van der Waals surface area contributed by atoms with Crippen molar-refractivity contribution in [3.8, 4) is 0 Å². The molecule has 5 nitrogen and oxygen atoms in total. The van der Waals surface area contributed by atoms with E-state index in [-0.39, 0.29) is 30.9 Å². The van der Waals surface area contributed by atoms with Crippen LogP contribution >= 0.6 is 0 Å². The quantitative estimate of drug-likeness (QED) is 0.670. The maximum Gasteiger partial charge on any atom is 0.239 e. The van der Waals surface area contributed by atoms with Gasteiger partial charge >= 0.3 is 0 Å². The second-order valence-electron chi connectivity index (χ2n) is 4.41. The van der Waals surface area contributed by atoms with Crippen LogP contribution in [0.3, 0.4) is 0 Å². The van der Waals surface area contributed by atoms with Crippen LogP contribution < -0.4 is 16.4 Å². The maximum absolute atomic E-state index is 11.5. The minimum atomic E-state index is -0.319. The lowest BCUT2D eigenvalue weighted by Crippen LogP contribution is -2.40. The van der Waals surface area contributed by atoms with Gasteiger partial charge in [-0.2, -0.15) is 0 Å². The lowest BCUT2D eigenvalue weighted by molar-refractivity contribution is -0.125. The van der Waals surface area contributed by atoms with Gasteiger partial charge in [-0.1, -0.05) is 30.3 Å². The summed E-state index contributed by atoms with van der Waals surface area (Å²) in [6.45, 7) is -0.0998. The first kappa shape index (κ1) is 12.6. The summed E-state index contributed by atoms with van der Waals surface area (Å²) in [5.74, 6) is -0.0823. The average Bonchev–Trinajstić information content (AvgIpc) is 3.16. The predicted octanol–water partition coefficient (Wildman–Crippen LogP) is -0.266. The fraction of sp³-hybridized carbons (Fsp3) is 0.385. The van der Waals surface area contributed by atoms with E-state index in [0.717, 1.165) is 6.42 Å². The van der Waals surface area contributed by atoms with Gasteiger partial charge < -0.3 is 16.4 Å². The summed E-state index contributed by atoms with van der Waals surface area (Å²) in [6.07, 6.45) is 0.959. The maximum atomic E-state index is 11.5. The van der Waals surface area contributed by atoms with Crippen LogP contribution in [-0.2, 0) is 9.59 Å². The minimum absolute atomic E-state index is 0.00591. The molecule has 1 aromatic carbocycles. The van der Waals surface area contributed by atoms with E-state index in [1.165, 1.54) is 5.56 Å². The SMILES string of the molecule is NCC(=O)NCC(=O)NC1CC1c1ccccc1. The highest BCUT2D eigenvalue weighted by atomic mass is 16.2. The first-order valence-electron chi connectivity index (χ1n) is 6.02. The molecule has 2 unspecified atom stereocenters. The molecular weight excluding hydrogens is 230 g/mol. The van der Waals surface area contributed by atoms with Gasteiger partial charge in [-0.15, -0.1) is 0 Å². The van der Waals surface area contributed by atoms with E-state index in [1.807, 2.05) is 18.2 Å². The van der Waals surface area contributed by atoms with Gasteiger partial charge in [0.2, 0.25) is 11.8 Å². The summed E-state index contributed by atoms with van der Waals surface area (Å²) >= 11 is 0. The highest BCUT2D eigenvalue weighted by molar-refractivity contribution is 5.85. The molecule has 1 aliphatic rings. The molecule has 4 N–H and O–H groups in total. The number of hydrogen-bond acceptors (Lipinski definition) is 3. The van der Waals surface area contributed by atoms with Crippen molar-refractivity contribution in [2.24, 2.45) is 5.73 Å². The minimum Gasteiger partial charge on any atom is -0.351 e. The number of carbonyl (C=O) groups excluding carboxylic acids is 2. The third-order valence-corrected chi connectivity index (χ3v) is 3.00. The van der Waals surface area contributed by atoms with E-state index >= 15 is 0 Å². The Bertz CT molecular complexity index is 433. The molecule has 0 aromatic heterocycles. The average molecular weight is 247 g/mol. The standard InChI is InChI=1S/C13H17N3O2/c14-7-12(17)15-8-13(18)16-11-6-10(11)9-4-2-1-3-5-9/h1-5,10-11H,6-8,14H2,(H,15,17)(H,16,18). The lowest BCUT2D eigenvalue weighted by atomic mass is 10.1. The molecule has 1 saturated carbocycles. The van der Waals surface area contributed by atoms with Crippen molar-refractivity contribution in [1.29, 1.82) is 0 Å². The van der Waals surface area contributed by atoms with Crippen molar-refractivity contribution in [2.75, 3.05) is 13.1 Å². The van der Waals surface area contributed by atoms with E-state index in [2.05, 4.69) is 22.8 Å². The summed E-state index contributed by atoms with van der Waals surface area (Å²) in [6, 6.07) is 10.3. The van der Waals surface area contributed by atoms with Gasteiger partial charge in [0.1, 0.15) is 0 Å². The Morgan fingerprint density at radius 1 is 1.22 bits per heavy atom. The molecule has 0 bridgehead atoms. The number of rotatable bonds is 5. The molecular formula is C13H17N3O2. The van der Waals surface area contributed by atoms with Gasteiger partial charge in [0.05, 0.1) is 13.1 Å². The zero-order valence-corrected chi connectivity index (χ0v) is 10.1. The second-order valence-corrected chi connectivity index (χ2v) is 4.41. The molecule has 1 aromatic rings. The van der Waals surface area contributed by atoms with E-state index in [0.29, 0.717) is 5.92 Å². The molecule has 0 spiro atoms. The monoisotopic (exact) mass is 247 g/mol. The Morgan fingerprint density at radius 3 is 2.61 bits per heavy atom. The van der Waals surface area contributed by atoms with Crippen molar-refractivity contribution >= 4 is 11.8 Å². The van der Waals surface area contributed by atoms with Crippen LogP contribution in [0, 0.1) is 0 Å². The molecule has 0 heterocycles. The van der Waals surface area contributed by atoms with Gasteiger partial charge in [-0.05, 0) is 12.0 Å². The highest BCUT2D eigenvalue weighted by Gasteiger charge is 2.39. The number of amides is 2. The first-order chi connectivity index (χ1) is 8.70. The molecule has 0 radical (unpaired) electrons. The number of carbonyl (C=O) groups is 2. The van der Waals surface area contributed by atoms with Crippen LogP contribution in [0.4, 0.5) is 0 Å². The Morgan fingerprint density at radius 2 is 1.94 bits per heavy atom. The zero-order chi connectivity index (χ0) is 13.0. The fourth-order valence-electron chi connectivity index (χ4n) is 1.93. The first-order valence-corrected chi connectivity index (χ1v) is 6.02. The molecule has 1 fully saturated rings. The Hall–Kier alpha value is -1.88. The summed E-state index contributed by atoms with van der Waals surface area (Å²) in [5, 5.41) is 5.33. The number of nitrogens with one attached hydrogen (secondary N) is 2. The topological polar surface area (TPSA) is 84.2 Å². The molecule has 0 aliphatic heterocycles. The van der Waals surface area contributed by atoms with E-state index in [1.54, 1.807) is 0 Å². The van der Waals surface area contributed by atoms with Gasteiger partial charge in [0.25, 0.3) is 0 Å². The van der Waals surface area contributed by atoms with Crippen LogP contribution in [0.25, 0.3) is 0 Å². The van der Waals surface area contributed by atoms with Crippen LogP contribution in [0.5, 0.6) is 0 Å². The third kappa shape index (κ3) is 3.30. The number of hydrogen-bond donors (Lipinski definition) is 3. The van der Waals surface area contributed by atoms with Crippen LogP contribution in [-0.4, -0.2) is 30.9 Å². The molecule has 96 valence electrons. The molecule has 0 saturated heterocycles. The predicted molar refractivity (Wildman–Crippen MR) is 67.8 cm³/mol. The smallest absolute Gasteiger partial charge is 0.239 e. The number of nitrogens with two attached hydrogens (primary N) is 1. The van der Waals surface area contributed by atoms with Crippen molar-refractivity contribution in [1.82, 2.24) is 10.6 Å². The van der Waals surface area contributed by atoms with E-state index < -0.39 is 0 Å². The summed E-state index contributed by atoms with van der Waals surface area (Å²) in [7, 11) is 0. The Balaban J connectivity index is 1.73. The van der Waals surface area contributed by atoms with Crippen LogP contribution in [0.1, 0.15) is 17.9 Å². The second kappa shape index (κ2) is 5.64. The molecule has 2 atom stereocenters. The van der Waals surface area contributed by atoms with Gasteiger partial charge in [0, 0.05) is 12.0 Å². The normalized spacial score (nSPS) is 21.2. The third-order valence-electron chi connectivity index (χ3n) is 3.00. The zero-order valence-electron chi connectivity index (χ0n) is 10.1. The Kier molecular flexibility index (Phi) is 3.94. The largest absolute Gasteiger partial charge is 0.351 e. The molecule has 1 aliphatic carbocycles. The van der Waals surface area contributed by atoms with Crippen LogP contribution in [0.2, 0.25) is 0 Å². The number of benzene rings is 1. The van der Waals surface area contributed by atoms with Crippen molar-refractivity contribution in [2.45, 2.75) is 18.4 Å². The van der Waals surface area contributed by atoms with Crippen molar-refractivity contribution in [3.05, 3.63) is 35.9 Å². The van der Waals surface area contributed by atoms with E-state index in [4.69, 9.17) is 5.73 Å². The molecule has 2 rings (SSSR count). The van der Waals surface area contributed by atoms with E-state index in [9.17, 15) is 9.59 Å². The van der Waals surface area contributed by atoms with Crippen LogP contribution in [0.15, 0.2) is 30.3 Å². The molecule has 5 heteroatoms. The summed E-state index contributed by atoms with van der Waals surface area (Å²) in [4.78, 5) is 22.4. The highest BCUT2D eigenvalue weighted by Crippen LogP contribution is 2.40. The van der Waals surface area contributed by atoms with Gasteiger partial charge in [-0.25, -0.2) is 0 Å². The van der Waals surface area contributed by atoms with Gasteiger partial charge in [-0.3, -0.25) is 9.59 Å². The van der Waals surface area contributed by atoms with Crippen molar-refractivity contribution in [3.63, 3.8) is 0 Å². The molecule has 2 amide bonds. The summed E-state index contributed by atoms with van der Waals surface area (Å²) in [5.41, 5.74) is 6.37. The van der Waals surface area contributed by atoms with Crippen molar-refractivity contribution < 1.29 is 9.59 Å².